The van der Waals surface area contributed by atoms with E-state index in [0.29, 0.717) is 19.6 Å². The van der Waals surface area contributed by atoms with Crippen molar-refractivity contribution in [1.82, 2.24) is 10.2 Å². The molecule has 3 N–H and O–H groups in total. The number of amides is 2. The summed E-state index contributed by atoms with van der Waals surface area (Å²) in [7, 11) is 0. The fourth-order valence-corrected chi connectivity index (χ4v) is 2.17. The van der Waals surface area contributed by atoms with E-state index in [1.807, 2.05) is 39.5 Å². The van der Waals surface area contributed by atoms with Crippen molar-refractivity contribution in [1.29, 1.82) is 0 Å². The number of piperidine rings is 1. The average Bonchev–Trinajstić information content (AvgIpc) is 2.37. The Kier molecular flexibility index (Phi) is 5.19. The Hall–Kier alpha value is -1.10. The van der Waals surface area contributed by atoms with Crippen LogP contribution in [0.25, 0.3) is 0 Å². The average molecular weight is 283 g/mol. The maximum absolute atomic E-state index is 12.2. The van der Waals surface area contributed by atoms with Crippen molar-refractivity contribution >= 4 is 11.8 Å². The second-order valence-corrected chi connectivity index (χ2v) is 7.38. The van der Waals surface area contributed by atoms with Crippen molar-refractivity contribution < 1.29 is 9.59 Å². The van der Waals surface area contributed by atoms with E-state index < -0.39 is 5.41 Å². The van der Waals surface area contributed by atoms with Gasteiger partial charge in [0.25, 0.3) is 0 Å². The zero-order chi connectivity index (χ0) is 15.6. The van der Waals surface area contributed by atoms with Gasteiger partial charge in [-0.05, 0) is 26.7 Å². The third-order valence-corrected chi connectivity index (χ3v) is 3.88. The molecular weight excluding hydrogens is 254 g/mol. The second-order valence-electron chi connectivity index (χ2n) is 7.38. The fourth-order valence-electron chi connectivity index (χ4n) is 2.17. The summed E-state index contributed by atoms with van der Waals surface area (Å²) in [5, 5.41) is 3.05. The van der Waals surface area contributed by atoms with Gasteiger partial charge in [-0.1, -0.05) is 20.8 Å². The molecule has 5 nitrogen and oxygen atoms in total. The van der Waals surface area contributed by atoms with Gasteiger partial charge in [0.2, 0.25) is 11.8 Å². The van der Waals surface area contributed by atoms with Crippen LogP contribution >= 0.6 is 0 Å². The lowest BCUT2D eigenvalue weighted by molar-refractivity contribution is -0.140. The Morgan fingerprint density at radius 1 is 1.15 bits per heavy atom. The van der Waals surface area contributed by atoms with E-state index in [1.165, 1.54) is 0 Å². The third kappa shape index (κ3) is 4.20. The lowest BCUT2D eigenvalue weighted by Crippen LogP contribution is -2.52. The van der Waals surface area contributed by atoms with Crippen molar-refractivity contribution in [2.75, 3.05) is 19.6 Å². The number of hydrogen-bond acceptors (Lipinski definition) is 3. The van der Waals surface area contributed by atoms with Crippen molar-refractivity contribution in [3.05, 3.63) is 0 Å². The molecule has 116 valence electrons. The van der Waals surface area contributed by atoms with Gasteiger partial charge in [0.05, 0.1) is 5.41 Å². The molecule has 5 heteroatoms. The first kappa shape index (κ1) is 17.0. The van der Waals surface area contributed by atoms with Gasteiger partial charge >= 0.3 is 0 Å². The Balaban J connectivity index is 2.48. The van der Waals surface area contributed by atoms with Crippen LogP contribution in [0.3, 0.4) is 0 Å². The van der Waals surface area contributed by atoms with Crippen LogP contribution in [0, 0.1) is 10.8 Å². The van der Waals surface area contributed by atoms with Crippen LogP contribution in [0.4, 0.5) is 0 Å². The fraction of sp³-hybridized carbons (Fsp3) is 0.867. The van der Waals surface area contributed by atoms with Gasteiger partial charge in [-0.25, -0.2) is 0 Å². The van der Waals surface area contributed by atoms with E-state index in [4.69, 9.17) is 5.73 Å². The largest absolute Gasteiger partial charge is 0.353 e. The normalized spacial score (nSPS) is 18.0. The van der Waals surface area contributed by atoms with Gasteiger partial charge < -0.3 is 16.0 Å². The number of carbonyl (C=O) groups excluding carboxylic acids is 2. The van der Waals surface area contributed by atoms with E-state index in [9.17, 15) is 9.59 Å². The van der Waals surface area contributed by atoms with Crippen LogP contribution in [0.15, 0.2) is 0 Å². The summed E-state index contributed by atoms with van der Waals surface area (Å²) < 4.78 is 0. The molecule has 0 aromatic rings. The van der Waals surface area contributed by atoms with Crippen LogP contribution in [0.5, 0.6) is 0 Å². The molecular formula is C15H29N3O2. The topological polar surface area (TPSA) is 75.4 Å². The van der Waals surface area contributed by atoms with E-state index in [1.54, 1.807) is 0 Å². The zero-order valence-corrected chi connectivity index (χ0v) is 13.5. The summed E-state index contributed by atoms with van der Waals surface area (Å²) in [5.41, 5.74) is 4.74. The van der Waals surface area contributed by atoms with Crippen LogP contribution in [-0.2, 0) is 9.59 Å². The summed E-state index contributed by atoms with van der Waals surface area (Å²) >= 11 is 0. The number of carbonyl (C=O) groups is 2. The summed E-state index contributed by atoms with van der Waals surface area (Å²) in [6, 6.07) is 0.150. The van der Waals surface area contributed by atoms with Crippen molar-refractivity contribution in [2.24, 2.45) is 16.6 Å². The number of nitrogens with two attached hydrogens (primary N) is 1. The second kappa shape index (κ2) is 6.12. The first-order valence-electron chi connectivity index (χ1n) is 7.38. The first-order valence-corrected chi connectivity index (χ1v) is 7.38. The molecule has 2 amide bonds. The highest BCUT2D eigenvalue weighted by atomic mass is 16.2. The summed E-state index contributed by atoms with van der Waals surface area (Å²) in [4.78, 5) is 26.1. The van der Waals surface area contributed by atoms with Crippen molar-refractivity contribution in [2.45, 2.75) is 53.5 Å². The minimum absolute atomic E-state index is 0.000554. The first-order chi connectivity index (χ1) is 9.08. The molecule has 0 spiro atoms. The minimum atomic E-state index is -0.529. The summed E-state index contributed by atoms with van der Waals surface area (Å²) in [5.74, 6) is 0.185. The molecule has 0 aromatic heterocycles. The SMILES string of the molecule is CC(C)(C)C(=O)N1CCC(NC(=O)C(C)(C)CN)CC1. The highest BCUT2D eigenvalue weighted by Crippen LogP contribution is 2.21. The van der Waals surface area contributed by atoms with Gasteiger partial charge in [-0.15, -0.1) is 0 Å². The molecule has 0 aromatic carbocycles. The molecule has 1 saturated heterocycles. The van der Waals surface area contributed by atoms with Gasteiger partial charge in [-0.2, -0.15) is 0 Å². The molecule has 1 aliphatic heterocycles. The predicted octanol–water partition coefficient (Wildman–Crippen LogP) is 1.12. The molecule has 0 bridgehead atoms. The summed E-state index contributed by atoms with van der Waals surface area (Å²) in [6.45, 7) is 11.3. The van der Waals surface area contributed by atoms with E-state index >= 15 is 0 Å². The maximum Gasteiger partial charge on any atom is 0.227 e. The number of nitrogens with one attached hydrogen (secondary N) is 1. The number of rotatable bonds is 3. The zero-order valence-electron chi connectivity index (χ0n) is 13.5. The number of hydrogen-bond donors (Lipinski definition) is 2. The molecule has 20 heavy (non-hydrogen) atoms. The molecule has 0 atom stereocenters. The Bertz CT molecular complexity index is 364. The van der Waals surface area contributed by atoms with Crippen LogP contribution < -0.4 is 11.1 Å². The van der Waals surface area contributed by atoms with Crippen LogP contribution in [-0.4, -0.2) is 42.4 Å². The molecule has 1 aliphatic rings. The maximum atomic E-state index is 12.2. The van der Waals surface area contributed by atoms with E-state index in [-0.39, 0.29) is 23.3 Å². The van der Waals surface area contributed by atoms with E-state index in [0.717, 1.165) is 12.8 Å². The van der Waals surface area contributed by atoms with Crippen molar-refractivity contribution in [3.8, 4) is 0 Å². The Labute approximate surface area is 122 Å². The molecule has 1 fully saturated rings. The molecule has 1 rings (SSSR count). The molecule has 1 heterocycles. The summed E-state index contributed by atoms with van der Waals surface area (Å²) in [6.07, 6.45) is 1.63. The van der Waals surface area contributed by atoms with E-state index in [2.05, 4.69) is 5.32 Å². The van der Waals surface area contributed by atoms with Gasteiger partial charge in [0.1, 0.15) is 0 Å². The highest BCUT2D eigenvalue weighted by Gasteiger charge is 2.32. The monoisotopic (exact) mass is 283 g/mol. The smallest absolute Gasteiger partial charge is 0.227 e. The Morgan fingerprint density at radius 3 is 2.05 bits per heavy atom. The third-order valence-electron chi connectivity index (χ3n) is 3.88. The van der Waals surface area contributed by atoms with Gasteiger partial charge in [-0.3, -0.25) is 9.59 Å². The number of nitrogens with zero attached hydrogens (tertiary/aromatic N) is 1. The van der Waals surface area contributed by atoms with Gasteiger partial charge in [0.15, 0.2) is 0 Å². The quantitative estimate of drug-likeness (QED) is 0.815. The lowest BCUT2D eigenvalue weighted by Gasteiger charge is -2.37. The molecule has 0 saturated carbocycles. The van der Waals surface area contributed by atoms with Gasteiger partial charge in [0, 0.05) is 31.1 Å². The molecule has 0 aliphatic carbocycles. The van der Waals surface area contributed by atoms with Crippen LogP contribution in [0.2, 0.25) is 0 Å². The molecule has 0 unspecified atom stereocenters. The standard InChI is InChI=1S/C15H29N3O2/c1-14(2,3)13(20)18-8-6-11(7-9-18)17-12(19)15(4,5)10-16/h11H,6-10,16H2,1-5H3,(H,17,19). The lowest BCUT2D eigenvalue weighted by atomic mass is 9.90. The van der Waals surface area contributed by atoms with Crippen LogP contribution in [0.1, 0.15) is 47.5 Å². The minimum Gasteiger partial charge on any atom is -0.353 e. The van der Waals surface area contributed by atoms with Crippen molar-refractivity contribution in [3.63, 3.8) is 0 Å². The highest BCUT2D eigenvalue weighted by molar-refractivity contribution is 5.83. The predicted molar refractivity (Wildman–Crippen MR) is 80.0 cm³/mol. The molecule has 0 radical (unpaired) electrons. The Morgan fingerprint density at radius 2 is 1.65 bits per heavy atom. The number of likely N-dealkylation sites (tertiary alicyclic amines) is 1.